The molecule has 1 aromatic heterocycles. The first-order valence-electron chi connectivity index (χ1n) is 13.1. The van der Waals surface area contributed by atoms with E-state index in [0.29, 0.717) is 12.3 Å². The van der Waals surface area contributed by atoms with E-state index in [4.69, 9.17) is 22.8 Å². The summed E-state index contributed by atoms with van der Waals surface area (Å²) in [6.07, 6.45) is 1.69. The van der Waals surface area contributed by atoms with Crippen LogP contribution in [0.4, 0.5) is 0 Å². The second kappa shape index (κ2) is 14.4. The standard InChI is InChI=1S/C27H39N3O7P2/c1-7-34-38(31,35-8-2)27(39(32,36-9-3)37-10-4)19-30-18-26(28-29-30)24-13-11-23(12-14-24)20-33-25-16-21(5)15-22(6)17-25/h11-18,27H,7-10,19-20H2,1-6H3. The van der Waals surface area contributed by atoms with Gasteiger partial charge in [0.2, 0.25) is 0 Å². The molecule has 0 saturated carbocycles. The number of ether oxygens (including phenoxy) is 1. The van der Waals surface area contributed by atoms with Gasteiger partial charge in [0.15, 0.2) is 5.40 Å². The van der Waals surface area contributed by atoms with E-state index in [-0.39, 0.29) is 33.0 Å². The van der Waals surface area contributed by atoms with Crippen LogP contribution < -0.4 is 4.74 Å². The molecule has 39 heavy (non-hydrogen) atoms. The van der Waals surface area contributed by atoms with E-state index in [2.05, 4.69) is 16.4 Å². The molecule has 0 aliphatic carbocycles. The summed E-state index contributed by atoms with van der Waals surface area (Å²) in [7, 11) is -7.80. The van der Waals surface area contributed by atoms with Crippen molar-refractivity contribution < 1.29 is 32.0 Å². The Morgan fingerprint density at radius 3 is 1.79 bits per heavy atom. The van der Waals surface area contributed by atoms with Crippen LogP contribution in [0.25, 0.3) is 11.3 Å². The molecule has 0 bridgehead atoms. The summed E-state index contributed by atoms with van der Waals surface area (Å²) in [6, 6.07) is 13.9. The van der Waals surface area contributed by atoms with E-state index < -0.39 is 20.6 Å². The summed E-state index contributed by atoms with van der Waals surface area (Å²) in [6.45, 7) is 11.6. The average Bonchev–Trinajstić information content (AvgIpc) is 3.35. The highest BCUT2D eigenvalue weighted by Gasteiger charge is 2.51. The minimum atomic E-state index is -3.90. The lowest BCUT2D eigenvalue weighted by Crippen LogP contribution is -2.23. The van der Waals surface area contributed by atoms with Crippen molar-refractivity contribution in [3.63, 3.8) is 0 Å². The fourth-order valence-electron chi connectivity index (χ4n) is 4.15. The predicted molar refractivity (Wildman–Crippen MR) is 151 cm³/mol. The summed E-state index contributed by atoms with van der Waals surface area (Å²) in [5.74, 6) is 0.835. The molecule has 0 aliphatic rings. The van der Waals surface area contributed by atoms with Crippen molar-refractivity contribution in [3.8, 4) is 17.0 Å². The Balaban J connectivity index is 1.80. The molecular weight excluding hydrogens is 540 g/mol. The van der Waals surface area contributed by atoms with Gasteiger partial charge < -0.3 is 22.8 Å². The Morgan fingerprint density at radius 2 is 1.31 bits per heavy atom. The van der Waals surface area contributed by atoms with Gasteiger partial charge in [0.1, 0.15) is 18.1 Å². The van der Waals surface area contributed by atoms with E-state index >= 15 is 0 Å². The van der Waals surface area contributed by atoms with Crippen LogP contribution in [0.15, 0.2) is 48.7 Å². The molecule has 0 radical (unpaired) electrons. The SMILES string of the molecule is CCOP(=O)(OCC)C(Cn1cc(-c2ccc(COc3cc(C)cc(C)c3)cc2)nn1)P(=O)(OCC)OCC. The number of nitrogens with zero attached hydrogens (tertiary/aromatic N) is 3. The maximum absolute atomic E-state index is 13.8. The average molecular weight is 580 g/mol. The third-order valence-corrected chi connectivity index (χ3v) is 11.7. The lowest BCUT2D eigenvalue weighted by atomic mass is 10.1. The van der Waals surface area contributed by atoms with Gasteiger partial charge in [-0.3, -0.25) is 13.8 Å². The van der Waals surface area contributed by atoms with E-state index in [9.17, 15) is 9.13 Å². The molecule has 0 spiro atoms. The third-order valence-electron chi connectivity index (χ3n) is 5.71. The second-order valence-electron chi connectivity index (χ2n) is 8.87. The number of benzene rings is 2. The van der Waals surface area contributed by atoms with Crippen LogP contribution >= 0.6 is 15.2 Å². The molecular formula is C27H39N3O7P2. The van der Waals surface area contributed by atoms with Crippen molar-refractivity contribution in [2.45, 2.75) is 60.1 Å². The summed E-state index contributed by atoms with van der Waals surface area (Å²) >= 11 is 0. The number of aromatic nitrogens is 3. The van der Waals surface area contributed by atoms with Crippen molar-refractivity contribution in [2.24, 2.45) is 0 Å². The fourth-order valence-corrected chi connectivity index (χ4v) is 9.35. The van der Waals surface area contributed by atoms with E-state index in [0.717, 1.165) is 28.0 Å². The predicted octanol–water partition coefficient (Wildman–Crippen LogP) is 7.00. The lowest BCUT2D eigenvalue weighted by molar-refractivity contribution is 0.191. The Bertz CT molecular complexity index is 1230. The molecule has 3 rings (SSSR count). The van der Waals surface area contributed by atoms with Gasteiger partial charge in [0.25, 0.3) is 0 Å². The monoisotopic (exact) mass is 579 g/mol. The first-order valence-corrected chi connectivity index (χ1v) is 16.4. The molecule has 0 N–H and O–H groups in total. The van der Waals surface area contributed by atoms with Crippen LogP contribution in [-0.4, -0.2) is 46.8 Å². The minimum absolute atomic E-state index is 0.0939. The van der Waals surface area contributed by atoms with Crippen LogP contribution in [-0.2, 0) is 40.4 Å². The number of hydrogen-bond donors (Lipinski definition) is 0. The van der Waals surface area contributed by atoms with Gasteiger partial charge in [-0.15, -0.1) is 5.10 Å². The van der Waals surface area contributed by atoms with Crippen LogP contribution in [0.2, 0.25) is 0 Å². The third kappa shape index (κ3) is 8.34. The number of aryl methyl sites for hydroxylation is 2. The summed E-state index contributed by atoms with van der Waals surface area (Å²) in [5, 5.41) is 7.24. The topological polar surface area (TPSA) is 111 Å². The zero-order valence-electron chi connectivity index (χ0n) is 23.5. The Morgan fingerprint density at radius 1 is 0.795 bits per heavy atom. The molecule has 3 aromatic rings. The maximum atomic E-state index is 13.8. The highest BCUT2D eigenvalue weighted by molar-refractivity contribution is 7.72. The van der Waals surface area contributed by atoms with Crippen LogP contribution in [0.1, 0.15) is 44.4 Å². The van der Waals surface area contributed by atoms with Crippen LogP contribution in [0, 0.1) is 13.8 Å². The largest absolute Gasteiger partial charge is 0.489 e. The highest BCUT2D eigenvalue weighted by Crippen LogP contribution is 2.70. The van der Waals surface area contributed by atoms with Crippen molar-refractivity contribution in [3.05, 3.63) is 65.4 Å². The zero-order valence-corrected chi connectivity index (χ0v) is 25.3. The van der Waals surface area contributed by atoms with E-state index in [1.54, 1.807) is 33.9 Å². The first kappa shape index (κ1) is 31.2. The fraction of sp³-hybridized carbons (Fsp3) is 0.481. The van der Waals surface area contributed by atoms with Gasteiger partial charge in [0.05, 0.1) is 39.2 Å². The molecule has 12 heteroatoms. The highest BCUT2D eigenvalue weighted by atomic mass is 31.2. The molecule has 0 fully saturated rings. The normalized spacial score (nSPS) is 12.3. The number of hydrogen-bond acceptors (Lipinski definition) is 9. The van der Waals surface area contributed by atoms with E-state index in [1.807, 2.05) is 50.2 Å². The van der Waals surface area contributed by atoms with Crippen molar-refractivity contribution in [1.82, 2.24) is 15.0 Å². The summed E-state index contributed by atoms with van der Waals surface area (Å²) < 4.78 is 57.2. The van der Waals surface area contributed by atoms with Gasteiger partial charge in [-0.05, 0) is 70.4 Å². The zero-order chi connectivity index (χ0) is 28.5. The molecule has 1 heterocycles. The smallest absolute Gasteiger partial charge is 0.347 e. The maximum Gasteiger partial charge on any atom is 0.347 e. The van der Waals surface area contributed by atoms with Crippen LogP contribution in [0.5, 0.6) is 5.75 Å². The molecule has 0 aliphatic heterocycles. The quantitative estimate of drug-likeness (QED) is 0.166. The molecule has 0 amide bonds. The van der Waals surface area contributed by atoms with Gasteiger partial charge in [-0.25, -0.2) is 0 Å². The first-order chi connectivity index (χ1) is 18.7. The minimum Gasteiger partial charge on any atom is -0.489 e. The van der Waals surface area contributed by atoms with Crippen molar-refractivity contribution >= 4 is 15.2 Å². The van der Waals surface area contributed by atoms with E-state index in [1.165, 1.54) is 4.68 Å². The van der Waals surface area contributed by atoms with Gasteiger partial charge in [-0.1, -0.05) is 35.5 Å². The Labute approximate surface area is 231 Å². The molecule has 2 aromatic carbocycles. The van der Waals surface area contributed by atoms with Gasteiger partial charge in [-0.2, -0.15) is 0 Å². The Kier molecular flexibility index (Phi) is 11.5. The lowest BCUT2D eigenvalue weighted by Gasteiger charge is -2.31. The van der Waals surface area contributed by atoms with Crippen LogP contribution in [0.3, 0.4) is 0 Å². The summed E-state index contributed by atoms with van der Waals surface area (Å²) in [5.41, 5.74) is 4.75. The molecule has 0 saturated heterocycles. The molecule has 0 atom stereocenters. The summed E-state index contributed by atoms with van der Waals surface area (Å²) in [4.78, 5) is 0. The van der Waals surface area contributed by atoms with Gasteiger partial charge >= 0.3 is 15.2 Å². The number of rotatable bonds is 16. The van der Waals surface area contributed by atoms with Crippen molar-refractivity contribution in [2.75, 3.05) is 26.4 Å². The second-order valence-corrected chi connectivity index (χ2v) is 13.7. The van der Waals surface area contributed by atoms with Gasteiger partial charge in [0, 0.05) is 5.56 Å². The molecule has 214 valence electrons. The molecule has 10 nitrogen and oxygen atoms in total. The molecule has 0 unspecified atom stereocenters. The van der Waals surface area contributed by atoms with Crippen molar-refractivity contribution in [1.29, 1.82) is 0 Å². The Hall–Kier alpha value is -2.32.